The van der Waals surface area contributed by atoms with E-state index in [-0.39, 0.29) is 21.9 Å². The summed E-state index contributed by atoms with van der Waals surface area (Å²) in [6.07, 6.45) is 5.13. The van der Waals surface area contributed by atoms with E-state index in [4.69, 9.17) is 0 Å². The molecular weight excluding hydrogens is 482 g/mol. The molecule has 2 N–H and O–H groups in total. The molecule has 2 aromatic carbocycles. The van der Waals surface area contributed by atoms with Crippen LogP contribution in [0.1, 0.15) is 59.5 Å². The highest BCUT2D eigenvalue weighted by Gasteiger charge is 2.40. The van der Waals surface area contributed by atoms with Crippen molar-refractivity contribution in [2.45, 2.75) is 54.9 Å². The number of nitrogens with one attached hydrogen (secondary N) is 2. The van der Waals surface area contributed by atoms with Crippen molar-refractivity contribution < 1.29 is 22.0 Å². The van der Waals surface area contributed by atoms with Crippen molar-refractivity contribution in [3.63, 3.8) is 0 Å². The quantitative estimate of drug-likeness (QED) is 0.498. The fourth-order valence-corrected chi connectivity index (χ4v) is 6.68. The third-order valence-corrected chi connectivity index (χ3v) is 8.86. The van der Waals surface area contributed by atoms with Gasteiger partial charge < -0.3 is 0 Å². The monoisotopic (exact) mass is 504 g/mol. The van der Waals surface area contributed by atoms with Crippen LogP contribution >= 0.6 is 11.3 Å². The standard InChI is InChI=1S/C23H22F2N4O3S2/c24-15-5-3-14(4-6-15)23(11-1-2-12-23)21-27-28-22(33-21)26-20(30)18-13-17(9-10-19(18)25)34(31,32)29-16-7-8-16/h3-6,9-10,13,16,29H,1-2,7-8,11-12H2,(H,26,28,30). The largest absolute Gasteiger partial charge is 0.296 e. The minimum Gasteiger partial charge on any atom is -0.296 e. The summed E-state index contributed by atoms with van der Waals surface area (Å²) in [5, 5.41) is 11.8. The normalized spacial score (nSPS) is 17.6. The summed E-state index contributed by atoms with van der Waals surface area (Å²) < 4.78 is 55.3. The fourth-order valence-electron chi connectivity index (χ4n) is 4.34. The van der Waals surface area contributed by atoms with Gasteiger partial charge in [0.05, 0.1) is 10.5 Å². The highest BCUT2D eigenvalue weighted by atomic mass is 32.2. The van der Waals surface area contributed by atoms with Crippen LogP contribution in [0.5, 0.6) is 0 Å². The number of sulfonamides is 1. The van der Waals surface area contributed by atoms with Crippen molar-refractivity contribution in [3.05, 3.63) is 70.2 Å². The zero-order valence-electron chi connectivity index (χ0n) is 18.1. The Balaban J connectivity index is 1.39. The first-order valence-electron chi connectivity index (χ1n) is 11.0. The molecule has 2 aliphatic rings. The average molecular weight is 505 g/mol. The van der Waals surface area contributed by atoms with Gasteiger partial charge in [-0.3, -0.25) is 10.1 Å². The molecule has 0 unspecified atom stereocenters. The van der Waals surface area contributed by atoms with Crippen LogP contribution in [0.4, 0.5) is 13.9 Å². The minimum atomic E-state index is -3.84. The summed E-state index contributed by atoms with van der Waals surface area (Å²) in [7, 11) is -3.84. The number of halogens is 2. The van der Waals surface area contributed by atoms with E-state index in [1.165, 1.54) is 23.5 Å². The van der Waals surface area contributed by atoms with E-state index in [1.807, 2.05) is 0 Å². The summed E-state index contributed by atoms with van der Waals surface area (Å²) in [6.45, 7) is 0. The second kappa shape index (κ2) is 8.79. The Labute approximate surface area is 199 Å². The Morgan fingerprint density at radius 1 is 1.03 bits per heavy atom. The predicted molar refractivity (Wildman–Crippen MR) is 123 cm³/mol. The van der Waals surface area contributed by atoms with Crippen LogP contribution in [0.25, 0.3) is 0 Å². The highest BCUT2D eigenvalue weighted by molar-refractivity contribution is 7.89. The molecule has 3 aromatic rings. The van der Waals surface area contributed by atoms with Crippen LogP contribution < -0.4 is 10.0 Å². The first kappa shape index (κ1) is 23.0. The Kier molecular flexibility index (Phi) is 5.95. The van der Waals surface area contributed by atoms with Gasteiger partial charge in [0.25, 0.3) is 5.91 Å². The topological polar surface area (TPSA) is 101 Å². The molecule has 2 fully saturated rings. The molecule has 0 bridgehead atoms. The molecule has 0 aliphatic heterocycles. The van der Waals surface area contributed by atoms with Crippen LogP contribution in [0.2, 0.25) is 0 Å². The molecule has 5 rings (SSSR count). The molecule has 2 aliphatic carbocycles. The van der Waals surface area contributed by atoms with Crippen molar-refractivity contribution in [1.82, 2.24) is 14.9 Å². The van der Waals surface area contributed by atoms with Crippen LogP contribution in [0.3, 0.4) is 0 Å². The number of amides is 1. The van der Waals surface area contributed by atoms with Crippen molar-refractivity contribution in [2.75, 3.05) is 5.32 Å². The molecule has 0 spiro atoms. The molecular formula is C23H22F2N4O3S2. The van der Waals surface area contributed by atoms with Crippen LogP contribution in [-0.4, -0.2) is 30.6 Å². The fraction of sp³-hybridized carbons (Fsp3) is 0.348. The summed E-state index contributed by atoms with van der Waals surface area (Å²) in [4.78, 5) is 12.6. The SMILES string of the molecule is O=C(Nc1nnc(C2(c3ccc(F)cc3)CCCC2)s1)c1cc(S(=O)(=O)NC2CC2)ccc1F. The molecule has 7 nitrogen and oxygen atoms in total. The molecule has 0 radical (unpaired) electrons. The number of anilines is 1. The third-order valence-electron chi connectivity index (χ3n) is 6.30. The maximum atomic E-state index is 14.4. The minimum absolute atomic E-state index is 0.115. The van der Waals surface area contributed by atoms with E-state index in [0.29, 0.717) is 5.01 Å². The zero-order valence-corrected chi connectivity index (χ0v) is 19.7. The maximum absolute atomic E-state index is 14.4. The van der Waals surface area contributed by atoms with E-state index in [9.17, 15) is 22.0 Å². The maximum Gasteiger partial charge on any atom is 0.260 e. The van der Waals surface area contributed by atoms with E-state index in [1.54, 1.807) is 12.1 Å². The van der Waals surface area contributed by atoms with Gasteiger partial charge >= 0.3 is 0 Å². The lowest BCUT2D eigenvalue weighted by atomic mass is 9.79. The number of carbonyl (C=O) groups excluding carboxylic acids is 1. The number of hydrogen-bond donors (Lipinski definition) is 2. The Morgan fingerprint density at radius 3 is 2.41 bits per heavy atom. The Hall–Kier alpha value is -2.76. The van der Waals surface area contributed by atoms with Crippen molar-refractivity contribution in [1.29, 1.82) is 0 Å². The van der Waals surface area contributed by atoms with Crippen LogP contribution in [0.15, 0.2) is 47.4 Å². The number of aromatic nitrogens is 2. The van der Waals surface area contributed by atoms with Crippen molar-refractivity contribution in [3.8, 4) is 0 Å². The lowest BCUT2D eigenvalue weighted by Crippen LogP contribution is -2.26. The van der Waals surface area contributed by atoms with Crippen molar-refractivity contribution in [2.24, 2.45) is 0 Å². The van der Waals surface area contributed by atoms with E-state index in [0.717, 1.165) is 62.3 Å². The van der Waals surface area contributed by atoms with Gasteiger partial charge in [0.15, 0.2) is 0 Å². The smallest absolute Gasteiger partial charge is 0.260 e. The number of hydrogen-bond acceptors (Lipinski definition) is 6. The molecule has 34 heavy (non-hydrogen) atoms. The third kappa shape index (κ3) is 4.47. The van der Waals surface area contributed by atoms with E-state index < -0.39 is 32.7 Å². The van der Waals surface area contributed by atoms with Gasteiger partial charge in [-0.25, -0.2) is 21.9 Å². The van der Waals surface area contributed by atoms with Gasteiger partial charge in [0.1, 0.15) is 16.6 Å². The van der Waals surface area contributed by atoms with E-state index >= 15 is 0 Å². The first-order chi connectivity index (χ1) is 16.3. The number of carbonyl (C=O) groups is 1. The number of nitrogens with zero attached hydrogens (tertiary/aromatic N) is 2. The second-order valence-electron chi connectivity index (χ2n) is 8.70. The lowest BCUT2D eigenvalue weighted by Gasteiger charge is -2.26. The summed E-state index contributed by atoms with van der Waals surface area (Å²) in [5.41, 5.74) is 0.124. The molecule has 1 aromatic heterocycles. The Morgan fingerprint density at radius 2 is 1.74 bits per heavy atom. The molecule has 0 saturated heterocycles. The zero-order chi connectivity index (χ0) is 23.9. The average Bonchev–Trinajstić information content (AvgIpc) is 3.26. The molecule has 1 amide bonds. The molecule has 0 atom stereocenters. The summed E-state index contributed by atoms with van der Waals surface area (Å²) >= 11 is 1.18. The van der Waals surface area contributed by atoms with Gasteiger partial charge in [-0.2, -0.15) is 0 Å². The van der Waals surface area contributed by atoms with Gasteiger partial charge in [0, 0.05) is 11.5 Å². The van der Waals surface area contributed by atoms with E-state index in [2.05, 4.69) is 20.2 Å². The molecule has 178 valence electrons. The van der Waals surface area contributed by atoms with Gasteiger partial charge in [-0.05, 0) is 61.6 Å². The van der Waals surface area contributed by atoms with Crippen LogP contribution in [0, 0.1) is 11.6 Å². The molecule has 11 heteroatoms. The lowest BCUT2D eigenvalue weighted by molar-refractivity contribution is 0.102. The van der Waals surface area contributed by atoms with Crippen molar-refractivity contribution >= 4 is 32.4 Å². The number of benzene rings is 2. The van der Waals surface area contributed by atoms with Gasteiger partial charge in [-0.1, -0.05) is 36.3 Å². The number of rotatable bonds is 7. The predicted octanol–water partition coefficient (Wildman–Crippen LogP) is 4.37. The van der Waals surface area contributed by atoms with Gasteiger partial charge in [0.2, 0.25) is 15.2 Å². The second-order valence-corrected chi connectivity index (χ2v) is 11.4. The molecule has 1 heterocycles. The van der Waals surface area contributed by atoms with Gasteiger partial charge in [-0.15, -0.1) is 10.2 Å². The summed E-state index contributed by atoms with van der Waals surface area (Å²) in [6, 6.07) is 9.33. The molecule has 2 saturated carbocycles. The summed E-state index contributed by atoms with van der Waals surface area (Å²) in [5.74, 6) is -1.97. The van der Waals surface area contributed by atoms with Crippen LogP contribution in [-0.2, 0) is 15.4 Å². The Bertz CT molecular complexity index is 1330. The highest BCUT2D eigenvalue weighted by Crippen LogP contribution is 2.47. The first-order valence-corrected chi connectivity index (χ1v) is 13.3.